The third-order valence-corrected chi connectivity index (χ3v) is 3.51. The average Bonchev–Trinajstić information content (AvgIpc) is 2.40. The molecule has 0 saturated heterocycles. The van der Waals surface area contributed by atoms with Crippen molar-refractivity contribution in [2.45, 2.75) is 51.5 Å². The third-order valence-electron chi connectivity index (χ3n) is 3.51. The second kappa shape index (κ2) is 6.45. The van der Waals surface area contributed by atoms with Gasteiger partial charge in [0.2, 0.25) is 6.29 Å². The second-order valence-corrected chi connectivity index (χ2v) is 5.18. The van der Waals surface area contributed by atoms with E-state index in [1.807, 2.05) is 19.1 Å². The zero-order valence-corrected chi connectivity index (χ0v) is 11.8. The quantitative estimate of drug-likeness (QED) is 0.428. The second-order valence-electron chi connectivity index (χ2n) is 5.18. The van der Waals surface area contributed by atoms with Gasteiger partial charge in [0, 0.05) is 16.9 Å². The highest BCUT2D eigenvalue weighted by molar-refractivity contribution is 5.65. The van der Waals surface area contributed by atoms with Crippen LogP contribution in [0.2, 0.25) is 0 Å². The Kier molecular flexibility index (Phi) is 5.21. The molecular formula is C15H21NO3. The maximum absolute atomic E-state index is 11.4. The highest BCUT2D eigenvalue weighted by Gasteiger charge is 2.44. The number of hydrogen-bond donors (Lipinski definition) is 0. The summed E-state index contributed by atoms with van der Waals surface area (Å²) in [4.78, 5) is 22.2. The Morgan fingerprint density at radius 3 is 2.26 bits per heavy atom. The molecule has 1 aromatic carbocycles. The maximum atomic E-state index is 11.4. The molecule has 0 amide bonds. The van der Waals surface area contributed by atoms with Gasteiger partial charge in [-0.2, -0.15) is 0 Å². The summed E-state index contributed by atoms with van der Waals surface area (Å²) in [5.74, 6) is 0.367. The van der Waals surface area contributed by atoms with Crippen LogP contribution in [0.3, 0.4) is 0 Å². The first-order valence-electron chi connectivity index (χ1n) is 6.69. The molecule has 0 aliphatic rings. The summed E-state index contributed by atoms with van der Waals surface area (Å²) in [5.41, 5.74) is -0.00125. The summed E-state index contributed by atoms with van der Waals surface area (Å²) in [6.07, 6.45) is 2.22. The summed E-state index contributed by atoms with van der Waals surface area (Å²) in [6, 6.07) is 7.16. The van der Waals surface area contributed by atoms with Gasteiger partial charge < -0.3 is 0 Å². The first-order valence-corrected chi connectivity index (χ1v) is 6.69. The van der Waals surface area contributed by atoms with Crippen LogP contribution in [0.5, 0.6) is 0 Å². The Bertz CT molecular complexity index is 439. The van der Waals surface area contributed by atoms with Crippen LogP contribution in [0.4, 0.5) is 0 Å². The predicted molar refractivity (Wildman–Crippen MR) is 74.8 cm³/mol. The van der Waals surface area contributed by atoms with Crippen molar-refractivity contribution in [2.75, 3.05) is 0 Å². The fourth-order valence-corrected chi connectivity index (χ4v) is 2.11. The number of carbonyl (C=O) groups is 1. The van der Waals surface area contributed by atoms with E-state index in [4.69, 9.17) is 0 Å². The van der Waals surface area contributed by atoms with Gasteiger partial charge >= 0.3 is 5.54 Å². The van der Waals surface area contributed by atoms with Crippen LogP contribution in [0.15, 0.2) is 24.3 Å². The van der Waals surface area contributed by atoms with E-state index in [0.29, 0.717) is 24.2 Å². The molecule has 0 bridgehead atoms. The summed E-state index contributed by atoms with van der Waals surface area (Å²) in [5, 5.41) is 11.4. The lowest BCUT2D eigenvalue weighted by molar-refractivity contribution is -0.559. The molecule has 104 valence electrons. The molecule has 0 spiro atoms. The van der Waals surface area contributed by atoms with E-state index in [1.165, 1.54) is 0 Å². The van der Waals surface area contributed by atoms with Crippen LogP contribution < -0.4 is 0 Å². The Hall–Kier alpha value is -1.71. The summed E-state index contributed by atoms with van der Waals surface area (Å²) in [6.45, 7) is 6.08. The number of carbonyl (C=O) groups excluding carboxylic acids is 1. The van der Waals surface area contributed by atoms with Crippen molar-refractivity contribution in [3.63, 3.8) is 0 Å². The third kappa shape index (κ3) is 3.19. The number of nitrogens with zero attached hydrogens (tertiary/aromatic N) is 1. The largest absolute Gasteiger partial charge is 0.301 e. The van der Waals surface area contributed by atoms with Gasteiger partial charge in [-0.15, -0.1) is 0 Å². The molecule has 4 heteroatoms. The van der Waals surface area contributed by atoms with Crippen molar-refractivity contribution >= 4 is 6.29 Å². The number of hydrogen-bond acceptors (Lipinski definition) is 3. The van der Waals surface area contributed by atoms with E-state index < -0.39 is 10.5 Å². The average molecular weight is 263 g/mol. The number of rotatable bonds is 7. The lowest BCUT2D eigenvalue weighted by atomic mass is 9.86. The standard InChI is InChI=1S/C15H21NO3/c1-4-5-10-15(11-17,16(18)19)14-8-6-13(7-9-14)12(2)3/h6-9,11-12H,4-5,10H2,1-3H3. The molecule has 0 radical (unpaired) electrons. The zero-order chi connectivity index (χ0) is 14.5. The van der Waals surface area contributed by atoms with Crippen LogP contribution in [0.1, 0.15) is 57.1 Å². The molecule has 0 N–H and O–H groups in total. The highest BCUT2D eigenvalue weighted by Crippen LogP contribution is 2.30. The Labute approximate surface area is 114 Å². The Balaban J connectivity index is 3.16. The molecule has 4 nitrogen and oxygen atoms in total. The van der Waals surface area contributed by atoms with Crippen molar-refractivity contribution < 1.29 is 9.72 Å². The van der Waals surface area contributed by atoms with Gasteiger partial charge in [0.15, 0.2) is 0 Å². The summed E-state index contributed by atoms with van der Waals surface area (Å²) in [7, 11) is 0. The van der Waals surface area contributed by atoms with Gasteiger partial charge in [0.25, 0.3) is 0 Å². The van der Waals surface area contributed by atoms with E-state index in [9.17, 15) is 14.9 Å². The van der Waals surface area contributed by atoms with Gasteiger partial charge in [-0.25, -0.2) is 0 Å². The molecule has 0 saturated carbocycles. The van der Waals surface area contributed by atoms with Crippen molar-refractivity contribution in [3.05, 3.63) is 45.5 Å². The Morgan fingerprint density at radius 2 is 1.89 bits per heavy atom. The Morgan fingerprint density at radius 1 is 1.32 bits per heavy atom. The number of aldehydes is 1. The molecule has 0 fully saturated rings. The van der Waals surface area contributed by atoms with E-state index in [1.54, 1.807) is 12.1 Å². The number of benzene rings is 1. The summed E-state index contributed by atoms with van der Waals surface area (Å²) >= 11 is 0. The van der Waals surface area contributed by atoms with Crippen LogP contribution in [0, 0.1) is 10.1 Å². The van der Waals surface area contributed by atoms with Crippen LogP contribution in [0.25, 0.3) is 0 Å². The van der Waals surface area contributed by atoms with E-state index in [0.717, 1.165) is 12.0 Å². The fourth-order valence-electron chi connectivity index (χ4n) is 2.11. The molecule has 19 heavy (non-hydrogen) atoms. The SMILES string of the molecule is CCCCC(C=O)(c1ccc(C(C)C)cc1)[N+](=O)[O-]. The first-order chi connectivity index (χ1) is 8.97. The van der Waals surface area contributed by atoms with Crippen molar-refractivity contribution in [1.29, 1.82) is 0 Å². The molecule has 0 heterocycles. The molecule has 0 aromatic heterocycles. The molecule has 1 unspecified atom stereocenters. The topological polar surface area (TPSA) is 60.2 Å². The minimum Gasteiger partial charge on any atom is -0.295 e. The van der Waals surface area contributed by atoms with Crippen molar-refractivity contribution in [1.82, 2.24) is 0 Å². The monoisotopic (exact) mass is 263 g/mol. The highest BCUT2D eigenvalue weighted by atomic mass is 16.6. The van der Waals surface area contributed by atoms with E-state index in [2.05, 4.69) is 13.8 Å². The number of unbranched alkanes of at least 4 members (excludes halogenated alkanes) is 1. The minimum atomic E-state index is -1.59. The maximum Gasteiger partial charge on any atom is 0.301 e. The lowest BCUT2D eigenvalue weighted by Crippen LogP contribution is -2.37. The molecular weight excluding hydrogens is 242 g/mol. The number of nitro groups is 1. The van der Waals surface area contributed by atoms with E-state index in [-0.39, 0.29) is 6.42 Å². The van der Waals surface area contributed by atoms with E-state index >= 15 is 0 Å². The lowest BCUT2D eigenvalue weighted by Gasteiger charge is -2.20. The molecule has 0 aliphatic heterocycles. The van der Waals surface area contributed by atoms with Crippen molar-refractivity contribution in [2.24, 2.45) is 0 Å². The molecule has 1 aromatic rings. The van der Waals surface area contributed by atoms with Gasteiger partial charge in [-0.05, 0) is 17.9 Å². The minimum absolute atomic E-state index is 0.251. The zero-order valence-electron chi connectivity index (χ0n) is 11.8. The molecule has 1 atom stereocenters. The molecule has 1 rings (SSSR count). The van der Waals surface area contributed by atoms with Gasteiger partial charge in [0.1, 0.15) is 0 Å². The van der Waals surface area contributed by atoms with Gasteiger partial charge in [-0.1, -0.05) is 51.5 Å². The molecule has 0 aliphatic carbocycles. The van der Waals surface area contributed by atoms with Crippen molar-refractivity contribution in [3.8, 4) is 0 Å². The fraction of sp³-hybridized carbons (Fsp3) is 0.533. The van der Waals surface area contributed by atoms with Gasteiger partial charge in [0.05, 0.1) is 0 Å². The summed E-state index contributed by atoms with van der Waals surface area (Å²) < 4.78 is 0. The van der Waals surface area contributed by atoms with Crippen LogP contribution >= 0.6 is 0 Å². The predicted octanol–water partition coefficient (Wildman–Crippen LogP) is 3.67. The van der Waals surface area contributed by atoms with Gasteiger partial charge in [-0.3, -0.25) is 14.9 Å². The normalized spacial score (nSPS) is 14.1. The first kappa shape index (κ1) is 15.3. The van der Waals surface area contributed by atoms with Crippen LogP contribution in [-0.4, -0.2) is 11.2 Å². The smallest absolute Gasteiger partial charge is 0.295 e. The van der Waals surface area contributed by atoms with Crippen LogP contribution in [-0.2, 0) is 10.3 Å².